The van der Waals surface area contributed by atoms with Crippen molar-refractivity contribution in [2.45, 2.75) is 19.9 Å². The maximum absolute atomic E-state index is 5.70. The van der Waals surface area contributed by atoms with Gasteiger partial charge in [0.05, 0.1) is 12.0 Å². The van der Waals surface area contributed by atoms with Crippen molar-refractivity contribution in [3.05, 3.63) is 12.7 Å². The van der Waals surface area contributed by atoms with Crippen LogP contribution in [-0.2, 0) is 11.4 Å². The average Bonchev–Trinajstić information content (AvgIpc) is 2.72. The van der Waals surface area contributed by atoms with Crippen molar-refractivity contribution in [3.8, 4) is 0 Å². The second-order valence-corrected chi connectivity index (χ2v) is 3.63. The van der Waals surface area contributed by atoms with Crippen molar-refractivity contribution in [1.82, 2.24) is 19.5 Å². The molecule has 0 unspecified atom stereocenters. The number of anilines is 1. The largest absolute Gasteiger partial charge is 0.399 e. The highest BCUT2D eigenvalue weighted by atomic mass is 16.6. The van der Waals surface area contributed by atoms with Crippen molar-refractivity contribution in [1.29, 1.82) is 0 Å². The van der Waals surface area contributed by atoms with Crippen LogP contribution in [0, 0.1) is 0 Å². The molecule has 0 bridgehead atoms. The summed E-state index contributed by atoms with van der Waals surface area (Å²) < 4.78 is 1.92. The minimum absolute atomic E-state index is 0.399. The van der Waals surface area contributed by atoms with Crippen LogP contribution in [-0.4, -0.2) is 32.3 Å². The third-order valence-electron chi connectivity index (χ3n) is 2.39. The fraction of sp³-hybridized carbons (Fsp3) is 0.400. The summed E-state index contributed by atoms with van der Waals surface area (Å²) in [6.07, 6.45) is 3.91. The predicted octanol–water partition coefficient (Wildman–Crippen LogP) is 0.821. The zero-order chi connectivity index (χ0) is 12.3. The molecule has 2 heterocycles. The second-order valence-electron chi connectivity index (χ2n) is 3.63. The zero-order valence-electron chi connectivity index (χ0n) is 9.79. The maximum atomic E-state index is 5.70. The Kier molecular flexibility index (Phi) is 3.17. The van der Waals surface area contributed by atoms with Gasteiger partial charge in [-0.15, -0.1) is 0 Å². The van der Waals surface area contributed by atoms with Crippen LogP contribution in [0.15, 0.2) is 17.8 Å². The van der Waals surface area contributed by atoms with Crippen LogP contribution in [0.25, 0.3) is 11.2 Å². The highest BCUT2D eigenvalue weighted by molar-refractivity contribution is 5.82. The molecule has 2 rings (SSSR count). The van der Waals surface area contributed by atoms with Gasteiger partial charge in [0.1, 0.15) is 19.0 Å². The molecular formula is C10H14N6O. The fourth-order valence-corrected chi connectivity index (χ4v) is 1.55. The monoisotopic (exact) mass is 234 g/mol. The maximum Gasteiger partial charge on any atom is 0.165 e. The molecule has 0 atom stereocenters. The van der Waals surface area contributed by atoms with E-state index in [1.54, 1.807) is 6.33 Å². The standard InChI is InChI=1S/C10H14N6O/c1-7(15-17-2)3-4-16-6-14-8-9(11)12-5-13-10(8)16/h5-6H,3-4H2,1-2H3,(H2,11,12,13). The number of nitrogens with zero attached hydrogens (tertiary/aromatic N) is 5. The molecule has 0 amide bonds. The van der Waals surface area contributed by atoms with Gasteiger partial charge >= 0.3 is 0 Å². The van der Waals surface area contributed by atoms with E-state index in [4.69, 9.17) is 10.6 Å². The molecule has 2 N–H and O–H groups in total. The van der Waals surface area contributed by atoms with Gasteiger partial charge in [0, 0.05) is 13.0 Å². The number of imidazole rings is 1. The summed E-state index contributed by atoms with van der Waals surface area (Å²) in [6, 6.07) is 0. The minimum atomic E-state index is 0.399. The normalized spacial score (nSPS) is 12.0. The summed E-state index contributed by atoms with van der Waals surface area (Å²) in [5, 5.41) is 3.85. The minimum Gasteiger partial charge on any atom is -0.399 e. The lowest BCUT2D eigenvalue weighted by atomic mass is 10.3. The Bertz CT molecular complexity index is 547. The van der Waals surface area contributed by atoms with Crippen LogP contribution < -0.4 is 5.73 Å². The molecule has 0 fully saturated rings. The SMILES string of the molecule is CON=C(C)CCn1cnc2c(N)ncnc21. The Morgan fingerprint density at radius 2 is 2.29 bits per heavy atom. The molecule has 0 spiro atoms. The summed E-state index contributed by atoms with van der Waals surface area (Å²) in [4.78, 5) is 16.9. The van der Waals surface area contributed by atoms with Crippen molar-refractivity contribution < 1.29 is 4.84 Å². The van der Waals surface area contributed by atoms with Gasteiger partial charge in [-0.1, -0.05) is 5.16 Å². The number of oxime groups is 1. The van der Waals surface area contributed by atoms with Gasteiger partial charge in [-0.25, -0.2) is 15.0 Å². The first kappa shape index (κ1) is 11.3. The Hall–Kier alpha value is -2.18. The van der Waals surface area contributed by atoms with Gasteiger partial charge < -0.3 is 15.1 Å². The van der Waals surface area contributed by atoms with E-state index in [-0.39, 0.29) is 0 Å². The van der Waals surface area contributed by atoms with E-state index in [0.717, 1.165) is 24.3 Å². The van der Waals surface area contributed by atoms with Crippen molar-refractivity contribution in [2.24, 2.45) is 5.16 Å². The molecule has 90 valence electrons. The first-order chi connectivity index (χ1) is 8.22. The van der Waals surface area contributed by atoms with Crippen LogP contribution in [0.4, 0.5) is 5.82 Å². The van der Waals surface area contributed by atoms with Crippen LogP contribution in [0.2, 0.25) is 0 Å². The van der Waals surface area contributed by atoms with Crippen molar-refractivity contribution >= 4 is 22.7 Å². The number of fused-ring (bicyclic) bond motifs is 1. The first-order valence-electron chi connectivity index (χ1n) is 5.20. The van der Waals surface area contributed by atoms with Gasteiger partial charge in [0.15, 0.2) is 11.5 Å². The highest BCUT2D eigenvalue weighted by Gasteiger charge is 2.07. The second kappa shape index (κ2) is 4.77. The molecule has 7 nitrogen and oxygen atoms in total. The summed E-state index contributed by atoms with van der Waals surface area (Å²) >= 11 is 0. The molecule has 17 heavy (non-hydrogen) atoms. The number of hydrogen-bond donors (Lipinski definition) is 1. The number of aryl methyl sites for hydroxylation is 1. The first-order valence-corrected chi connectivity index (χ1v) is 5.20. The lowest BCUT2D eigenvalue weighted by Gasteiger charge is -2.03. The van der Waals surface area contributed by atoms with E-state index in [0.29, 0.717) is 11.3 Å². The van der Waals surface area contributed by atoms with Crippen molar-refractivity contribution in [2.75, 3.05) is 12.8 Å². The van der Waals surface area contributed by atoms with E-state index < -0.39 is 0 Å². The number of aromatic nitrogens is 4. The van der Waals surface area contributed by atoms with Gasteiger partial charge in [-0.3, -0.25) is 0 Å². The van der Waals surface area contributed by atoms with E-state index in [1.165, 1.54) is 13.4 Å². The number of hydrogen-bond acceptors (Lipinski definition) is 6. The molecule has 0 saturated heterocycles. The molecule has 0 aliphatic rings. The quantitative estimate of drug-likeness (QED) is 0.624. The van der Waals surface area contributed by atoms with Crippen LogP contribution in [0.3, 0.4) is 0 Å². The topological polar surface area (TPSA) is 91.2 Å². The van der Waals surface area contributed by atoms with Gasteiger partial charge in [-0.05, 0) is 6.92 Å². The molecule has 2 aromatic rings. The lowest BCUT2D eigenvalue weighted by molar-refractivity contribution is 0.212. The predicted molar refractivity (Wildman–Crippen MR) is 64.5 cm³/mol. The smallest absolute Gasteiger partial charge is 0.165 e. The van der Waals surface area contributed by atoms with E-state index >= 15 is 0 Å². The number of nitrogen functional groups attached to an aromatic ring is 1. The van der Waals surface area contributed by atoms with Gasteiger partial charge in [0.2, 0.25) is 0 Å². The summed E-state index contributed by atoms with van der Waals surface area (Å²) in [5.41, 5.74) is 7.99. The zero-order valence-corrected chi connectivity index (χ0v) is 9.79. The summed E-state index contributed by atoms with van der Waals surface area (Å²) in [6.45, 7) is 2.64. The Morgan fingerprint density at radius 1 is 1.47 bits per heavy atom. The molecule has 0 saturated carbocycles. The van der Waals surface area contributed by atoms with Gasteiger partial charge in [-0.2, -0.15) is 0 Å². The number of nitrogens with two attached hydrogens (primary N) is 1. The Labute approximate surface area is 98.3 Å². The van der Waals surface area contributed by atoms with Crippen LogP contribution >= 0.6 is 0 Å². The molecule has 7 heteroatoms. The van der Waals surface area contributed by atoms with E-state index in [9.17, 15) is 0 Å². The molecule has 0 aliphatic carbocycles. The fourth-order valence-electron chi connectivity index (χ4n) is 1.55. The third-order valence-corrected chi connectivity index (χ3v) is 2.39. The third kappa shape index (κ3) is 2.32. The Balaban J connectivity index is 2.20. The molecule has 0 radical (unpaired) electrons. The van der Waals surface area contributed by atoms with E-state index in [2.05, 4.69) is 20.1 Å². The molecule has 0 aliphatic heterocycles. The van der Waals surface area contributed by atoms with Crippen LogP contribution in [0.5, 0.6) is 0 Å². The summed E-state index contributed by atoms with van der Waals surface area (Å²) in [5.74, 6) is 0.399. The summed E-state index contributed by atoms with van der Waals surface area (Å²) in [7, 11) is 1.53. The molecule has 0 aromatic carbocycles. The molecular weight excluding hydrogens is 220 g/mol. The average molecular weight is 234 g/mol. The van der Waals surface area contributed by atoms with Gasteiger partial charge in [0.25, 0.3) is 0 Å². The van der Waals surface area contributed by atoms with E-state index in [1.807, 2.05) is 11.5 Å². The lowest BCUT2D eigenvalue weighted by Crippen LogP contribution is -2.03. The van der Waals surface area contributed by atoms with Crippen molar-refractivity contribution in [3.63, 3.8) is 0 Å². The number of rotatable bonds is 4. The highest BCUT2D eigenvalue weighted by Crippen LogP contribution is 2.14. The Morgan fingerprint density at radius 3 is 3.06 bits per heavy atom. The molecule has 2 aromatic heterocycles. The van der Waals surface area contributed by atoms with Crippen LogP contribution in [0.1, 0.15) is 13.3 Å².